The van der Waals surface area contributed by atoms with E-state index in [2.05, 4.69) is 20.8 Å². The molecule has 7 heteroatoms. The second kappa shape index (κ2) is 7.93. The molecule has 0 aromatic heterocycles. The van der Waals surface area contributed by atoms with Gasteiger partial charge in [0.25, 0.3) is 0 Å². The first-order valence-corrected chi connectivity index (χ1v) is 11.4. The molecule has 0 bridgehead atoms. The summed E-state index contributed by atoms with van der Waals surface area (Å²) in [7, 11) is 0. The lowest BCUT2D eigenvalue weighted by Crippen LogP contribution is -2.32. The van der Waals surface area contributed by atoms with Gasteiger partial charge in [0.2, 0.25) is 12.6 Å². The van der Waals surface area contributed by atoms with E-state index < -0.39 is 0 Å². The van der Waals surface area contributed by atoms with E-state index in [0.29, 0.717) is 36.9 Å². The third-order valence-corrected chi connectivity index (χ3v) is 6.54. The minimum Gasteiger partial charge on any atom is -0.477 e. The van der Waals surface area contributed by atoms with Crippen LogP contribution in [0.1, 0.15) is 32.6 Å². The molecule has 0 N–H and O–H groups in total. The largest absolute Gasteiger partial charge is 0.477 e. The number of allylic oxidation sites excluding steroid dienone is 1. The van der Waals surface area contributed by atoms with E-state index in [0.717, 1.165) is 44.0 Å². The number of ketones is 1. The van der Waals surface area contributed by atoms with Gasteiger partial charge in [0.1, 0.15) is 18.2 Å². The summed E-state index contributed by atoms with van der Waals surface area (Å²) in [6.07, 6.45) is 1.78. The van der Waals surface area contributed by atoms with Gasteiger partial charge in [0, 0.05) is 28.7 Å². The Morgan fingerprint density at radius 3 is 2.67 bits per heavy atom. The van der Waals surface area contributed by atoms with Crippen LogP contribution in [0.5, 0.6) is 23.0 Å². The Labute approximate surface area is 199 Å². The minimum absolute atomic E-state index is 0.105. The number of hydrogen-bond acceptors (Lipinski definition) is 6. The van der Waals surface area contributed by atoms with Crippen molar-refractivity contribution in [3.8, 4) is 23.0 Å². The monoisotopic (exact) mass is 505 g/mol. The first kappa shape index (κ1) is 20.3. The number of ether oxygens (including phenoxy) is 4. The third kappa shape index (κ3) is 3.67. The Balaban J connectivity index is 1.25. The van der Waals surface area contributed by atoms with E-state index in [4.69, 9.17) is 18.9 Å². The van der Waals surface area contributed by atoms with Crippen LogP contribution in [-0.4, -0.2) is 24.2 Å². The Kier molecular flexibility index (Phi) is 4.89. The molecule has 3 heterocycles. The van der Waals surface area contributed by atoms with Gasteiger partial charge in [-0.15, -0.1) is 0 Å². The fourth-order valence-electron chi connectivity index (χ4n) is 4.41. The van der Waals surface area contributed by atoms with E-state index in [1.807, 2.05) is 55.5 Å². The quantitative estimate of drug-likeness (QED) is 0.441. The topological polar surface area (TPSA) is 57.2 Å². The SMILES string of the molecule is Cc1c2c(cc3c1O/C(=C\c1ccc(Br)cc1)C3=O)CN(Cc1ccc3c(c1)OCO3)CO2. The Bertz CT molecular complexity index is 1320. The second-order valence-corrected chi connectivity index (χ2v) is 9.22. The van der Waals surface area contributed by atoms with E-state index in [1.165, 1.54) is 0 Å². The van der Waals surface area contributed by atoms with Gasteiger partial charge in [-0.2, -0.15) is 0 Å². The summed E-state index contributed by atoms with van der Waals surface area (Å²) in [5.41, 5.74) is 4.45. The smallest absolute Gasteiger partial charge is 0.231 e. The van der Waals surface area contributed by atoms with Gasteiger partial charge in [-0.3, -0.25) is 9.69 Å². The molecule has 0 aliphatic carbocycles. The molecule has 0 fully saturated rings. The Hall–Kier alpha value is -3.29. The van der Waals surface area contributed by atoms with Gasteiger partial charge < -0.3 is 18.9 Å². The van der Waals surface area contributed by atoms with Gasteiger partial charge in [0.15, 0.2) is 17.3 Å². The van der Waals surface area contributed by atoms with Crippen LogP contribution in [0.15, 0.2) is 58.8 Å². The van der Waals surface area contributed by atoms with Gasteiger partial charge in [0.05, 0.1) is 5.56 Å². The van der Waals surface area contributed by atoms with Crippen LogP contribution in [0.4, 0.5) is 0 Å². The summed E-state index contributed by atoms with van der Waals surface area (Å²) in [4.78, 5) is 15.3. The highest BCUT2D eigenvalue weighted by Crippen LogP contribution is 2.43. The van der Waals surface area contributed by atoms with E-state index >= 15 is 0 Å². The molecule has 0 amide bonds. The van der Waals surface area contributed by atoms with Gasteiger partial charge in [-0.25, -0.2) is 0 Å². The summed E-state index contributed by atoms with van der Waals surface area (Å²) in [5.74, 6) is 3.16. The summed E-state index contributed by atoms with van der Waals surface area (Å²) in [5, 5.41) is 0. The molecule has 3 aliphatic rings. The molecule has 3 aliphatic heterocycles. The molecule has 0 spiro atoms. The standard InChI is InChI=1S/C26H20BrNO5/c1-15-25-18(12-28(13-30-25)11-17-4-7-21-22(9-17)32-14-31-21)10-20-24(29)23(33-26(15)20)8-16-2-5-19(27)6-3-16/h2-10H,11-14H2,1H3/b23-8-. The van der Waals surface area contributed by atoms with Crippen molar-refractivity contribution in [1.29, 1.82) is 0 Å². The lowest BCUT2D eigenvalue weighted by molar-refractivity contribution is 0.0876. The number of carbonyl (C=O) groups excluding carboxylic acids is 1. The normalized spacial score (nSPS) is 17.5. The van der Waals surface area contributed by atoms with Crippen LogP contribution < -0.4 is 18.9 Å². The first-order valence-electron chi connectivity index (χ1n) is 10.6. The maximum atomic E-state index is 13.1. The van der Waals surface area contributed by atoms with Gasteiger partial charge in [-0.1, -0.05) is 34.1 Å². The zero-order valence-electron chi connectivity index (χ0n) is 17.9. The summed E-state index contributed by atoms with van der Waals surface area (Å²) in [6, 6.07) is 15.6. The zero-order chi connectivity index (χ0) is 22.5. The molecule has 3 aromatic carbocycles. The molecule has 0 unspecified atom stereocenters. The molecule has 3 aromatic rings. The molecule has 0 radical (unpaired) electrons. The van der Waals surface area contributed by atoms with Crippen molar-refractivity contribution in [2.75, 3.05) is 13.5 Å². The molecule has 0 atom stereocenters. The van der Waals surface area contributed by atoms with Gasteiger partial charge >= 0.3 is 0 Å². The molecule has 166 valence electrons. The number of halogens is 1. The molecular weight excluding hydrogens is 486 g/mol. The lowest BCUT2D eigenvalue weighted by atomic mass is 10.00. The third-order valence-electron chi connectivity index (χ3n) is 6.01. The lowest BCUT2D eigenvalue weighted by Gasteiger charge is -2.30. The maximum Gasteiger partial charge on any atom is 0.231 e. The minimum atomic E-state index is -0.105. The van der Waals surface area contributed by atoms with Crippen LogP contribution >= 0.6 is 15.9 Å². The number of Topliss-reactive ketones (excluding diaryl/α,β-unsaturated/α-hetero) is 1. The Morgan fingerprint density at radius 2 is 1.82 bits per heavy atom. The van der Waals surface area contributed by atoms with Crippen molar-refractivity contribution >= 4 is 27.8 Å². The number of rotatable bonds is 3. The second-order valence-electron chi connectivity index (χ2n) is 8.31. The highest BCUT2D eigenvalue weighted by Gasteiger charge is 2.33. The molecular formula is C26H20BrNO5. The highest BCUT2D eigenvalue weighted by molar-refractivity contribution is 9.10. The zero-order valence-corrected chi connectivity index (χ0v) is 19.5. The van der Waals surface area contributed by atoms with Gasteiger partial charge in [-0.05, 0) is 54.5 Å². The first-order chi connectivity index (χ1) is 16.0. The fraction of sp³-hybridized carbons (Fsp3) is 0.192. The molecule has 33 heavy (non-hydrogen) atoms. The number of hydrogen-bond donors (Lipinski definition) is 0. The molecule has 0 saturated carbocycles. The average Bonchev–Trinajstić information content (AvgIpc) is 3.40. The van der Waals surface area contributed by atoms with Crippen molar-refractivity contribution in [3.05, 3.63) is 86.6 Å². The average molecular weight is 506 g/mol. The highest BCUT2D eigenvalue weighted by atomic mass is 79.9. The van der Waals surface area contributed by atoms with E-state index in [1.54, 1.807) is 6.08 Å². The van der Waals surface area contributed by atoms with Crippen molar-refractivity contribution in [3.63, 3.8) is 0 Å². The van der Waals surface area contributed by atoms with Crippen LogP contribution in [0, 0.1) is 6.92 Å². The number of fused-ring (bicyclic) bond motifs is 3. The van der Waals surface area contributed by atoms with Crippen LogP contribution in [0.25, 0.3) is 6.08 Å². The number of benzene rings is 3. The number of nitrogens with zero attached hydrogens (tertiary/aromatic N) is 1. The van der Waals surface area contributed by atoms with Crippen molar-refractivity contribution in [2.24, 2.45) is 0 Å². The predicted octanol–water partition coefficient (Wildman–Crippen LogP) is 5.45. The van der Waals surface area contributed by atoms with Crippen molar-refractivity contribution < 1.29 is 23.7 Å². The van der Waals surface area contributed by atoms with Crippen LogP contribution in [-0.2, 0) is 13.1 Å². The molecule has 6 nitrogen and oxygen atoms in total. The van der Waals surface area contributed by atoms with Crippen LogP contribution in [0.2, 0.25) is 0 Å². The number of carbonyl (C=O) groups is 1. The van der Waals surface area contributed by atoms with E-state index in [-0.39, 0.29) is 12.6 Å². The predicted molar refractivity (Wildman–Crippen MR) is 126 cm³/mol. The van der Waals surface area contributed by atoms with E-state index in [9.17, 15) is 4.79 Å². The summed E-state index contributed by atoms with van der Waals surface area (Å²) >= 11 is 3.43. The molecule has 0 saturated heterocycles. The Morgan fingerprint density at radius 1 is 1.00 bits per heavy atom. The van der Waals surface area contributed by atoms with Crippen molar-refractivity contribution in [1.82, 2.24) is 4.90 Å². The maximum absolute atomic E-state index is 13.1. The molecule has 6 rings (SSSR count). The summed E-state index contributed by atoms with van der Waals surface area (Å²) < 4.78 is 24.0. The fourth-order valence-corrected chi connectivity index (χ4v) is 4.67. The summed E-state index contributed by atoms with van der Waals surface area (Å²) in [6.45, 7) is 4.04. The van der Waals surface area contributed by atoms with Crippen molar-refractivity contribution in [2.45, 2.75) is 20.0 Å². The van der Waals surface area contributed by atoms with Crippen LogP contribution in [0.3, 0.4) is 0 Å².